The SMILES string of the molecule is COc1ccc(Cl)cc1S(=O)(=O)NCc1ccccc1. The quantitative estimate of drug-likeness (QED) is 0.924. The van der Waals surface area contributed by atoms with E-state index >= 15 is 0 Å². The average molecular weight is 312 g/mol. The third-order valence-corrected chi connectivity index (χ3v) is 4.38. The van der Waals surface area contributed by atoms with E-state index in [9.17, 15) is 8.42 Å². The molecule has 0 saturated carbocycles. The summed E-state index contributed by atoms with van der Waals surface area (Å²) in [6.07, 6.45) is 0. The highest BCUT2D eigenvalue weighted by atomic mass is 35.5. The largest absolute Gasteiger partial charge is 0.495 e. The Morgan fingerprint density at radius 1 is 1.15 bits per heavy atom. The molecule has 0 fully saturated rings. The minimum atomic E-state index is -3.68. The smallest absolute Gasteiger partial charge is 0.244 e. The maximum absolute atomic E-state index is 12.3. The number of rotatable bonds is 5. The van der Waals surface area contributed by atoms with E-state index in [0.29, 0.717) is 5.02 Å². The highest BCUT2D eigenvalue weighted by Crippen LogP contribution is 2.26. The molecule has 2 aromatic carbocycles. The first kappa shape index (κ1) is 14.8. The molecule has 6 heteroatoms. The van der Waals surface area contributed by atoms with Crippen LogP contribution in [-0.2, 0) is 16.6 Å². The van der Waals surface area contributed by atoms with E-state index in [-0.39, 0.29) is 17.2 Å². The lowest BCUT2D eigenvalue weighted by Crippen LogP contribution is -2.23. The van der Waals surface area contributed by atoms with E-state index in [1.54, 1.807) is 6.07 Å². The Morgan fingerprint density at radius 2 is 1.85 bits per heavy atom. The van der Waals surface area contributed by atoms with Crippen LogP contribution in [0.3, 0.4) is 0 Å². The highest BCUT2D eigenvalue weighted by molar-refractivity contribution is 7.89. The number of halogens is 1. The molecule has 20 heavy (non-hydrogen) atoms. The monoisotopic (exact) mass is 311 g/mol. The van der Waals surface area contributed by atoms with Gasteiger partial charge in [-0.05, 0) is 23.8 Å². The fraction of sp³-hybridized carbons (Fsp3) is 0.143. The van der Waals surface area contributed by atoms with E-state index in [2.05, 4.69) is 4.72 Å². The van der Waals surface area contributed by atoms with Gasteiger partial charge in [-0.1, -0.05) is 41.9 Å². The van der Waals surface area contributed by atoms with Gasteiger partial charge in [-0.2, -0.15) is 0 Å². The number of sulfonamides is 1. The molecule has 0 amide bonds. The normalized spacial score (nSPS) is 11.3. The summed E-state index contributed by atoms with van der Waals surface area (Å²) in [5, 5.41) is 0.339. The minimum absolute atomic E-state index is 0.0310. The summed E-state index contributed by atoms with van der Waals surface area (Å²) in [4.78, 5) is 0.0310. The number of hydrogen-bond acceptors (Lipinski definition) is 3. The van der Waals surface area contributed by atoms with Crippen molar-refractivity contribution in [2.24, 2.45) is 0 Å². The van der Waals surface area contributed by atoms with Crippen LogP contribution in [0.5, 0.6) is 5.75 Å². The van der Waals surface area contributed by atoms with Crippen molar-refractivity contribution < 1.29 is 13.2 Å². The van der Waals surface area contributed by atoms with Crippen molar-refractivity contribution in [2.75, 3.05) is 7.11 Å². The van der Waals surface area contributed by atoms with Gasteiger partial charge in [-0.15, -0.1) is 0 Å². The van der Waals surface area contributed by atoms with Crippen molar-refractivity contribution in [3.8, 4) is 5.75 Å². The first-order chi connectivity index (χ1) is 9.53. The summed E-state index contributed by atoms with van der Waals surface area (Å²) in [5.74, 6) is 0.259. The highest BCUT2D eigenvalue weighted by Gasteiger charge is 2.19. The summed E-state index contributed by atoms with van der Waals surface area (Å²) < 4.78 is 32.2. The molecule has 0 saturated heterocycles. The molecule has 0 aliphatic rings. The molecule has 0 spiro atoms. The molecule has 0 atom stereocenters. The third kappa shape index (κ3) is 3.50. The first-order valence-electron chi connectivity index (χ1n) is 5.90. The van der Waals surface area contributed by atoms with Crippen LogP contribution < -0.4 is 9.46 Å². The van der Waals surface area contributed by atoms with E-state index in [0.717, 1.165) is 5.56 Å². The zero-order chi connectivity index (χ0) is 14.6. The second kappa shape index (κ2) is 6.26. The van der Waals surface area contributed by atoms with Crippen LogP contribution >= 0.6 is 11.6 Å². The molecule has 0 aliphatic heterocycles. The maximum Gasteiger partial charge on any atom is 0.244 e. The van der Waals surface area contributed by atoms with Gasteiger partial charge >= 0.3 is 0 Å². The van der Waals surface area contributed by atoms with Gasteiger partial charge in [-0.25, -0.2) is 13.1 Å². The number of ether oxygens (including phenoxy) is 1. The molecule has 0 aliphatic carbocycles. The van der Waals surface area contributed by atoms with Gasteiger partial charge in [0.1, 0.15) is 10.6 Å². The molecule has 4 nitrogen and oxygen atoms in total. The van der Waals surface area contributed by atoms with Crippen LogP contribution in [-0.4, -0.2) is 15.5 Å². The molecular weight excluding hydrogens is 298 g/mol. The second-order valence-electron chi connectivity index (χ2n) is 4.11. The maximum atomic E-state index is 12.3. The zero-order valence-electron chi connectivity index (χ0n) is 10.8. The molecule has 2 aromatic rings. The predicted molar refractivity (Wildman–Crippen MR) is 78.5 cm³/mol. The Bertz CT molecular complexity index is 687. The Balaban J connectivity index is 2.24. The molecule has 0 bridgehead atoms. The molecule has 106 valence electrons. The summed E-state index contributed by atoms with van der Waals surface area (Å²) in [6, 6.07) is 13.7. The number of methoxy groups -OCH3 is 1. The van der Waals surface area contributed by atoms with Crippen molar-refractivity contribution in [3.05, 3.63) is 59.1 Å². The van der Waals surface area contributed by atoms with Crippen LogP contribution in [0.1, 0.15) is 5.56 Å². The Labute approximate surface area is 123 Å². The lowest BCUT2D eigenvalue weighted by Gasteiger charge is -2.11. The molecule has 2 rings (SSSR count). The molecular formula is C14H14ClNO3S. The van der Waals surface area contributed by atoms with Crippen LogP contribution in [0.4, 0.5) is 0 Å². The van der Waals surface area contributed by atoms with Gasteiger partial charge in [0.15, 0.2) is 0 Å². The van der Waals surface area contributed by atoms with Crippen LogP contribution in [0.2, 0.25) is 5.02 Å². The summed E-state index contributed by atoms with van der Waals surface area (Å²) in [6.45, 7) is 0.207. The lowest BCUT2D eigenvalue weighted by molar-refractivity contribution is 0.402. The Morgan fingerprint density at radius 3 is 2.50 bits per heavy atom. The van der Waals surface area contributed by atoms with Crippen LogP contribution in [0, 0.1) is 0 Å². The fourth-order valence-corrected chi connectivity index (χ4v) is 3.16. The van der Waals surface area contributed by atoms with Crippen molar-refractivity contribution in [3.63, 3.8) is 0 Å². The average Bonchev–Trinajstić information content (AvgIpc) is 2.46. The summed E-state index contributed by atoms with van der Waals surface area (Å²) in [5.41, 5.74) is 0.872. The van der Waals surface area contributed by atoms with E-state index in [4.69, 9.17) is 16.3 Å². The second-order valence-corrected chi connectivity index (χ2v) is 6.28. The summed E-state index contributed by atoms with van der Waals surface area (Å²) >= 11 is 5.85. The van der Waals surface area contributed by atoms with Gasteiger partial charge in [0.25, 0.3) is 0 Å². The van der Waals surface area contributed by atoms with Crippen molar-refractivity contribution in [1.82, 2.24) is 4.72 Å². The molecule has 0 unspecified atom stereocenters. The summed E-state index contributed by atoms with van der Waals surface area (Å²) in [7, 11) is -2.27. The van der Waals surface area contributed by atoms with Crippen molar-refractivity contribution in [1.29, 1.82) is 0 Å². The van der Waals surface area contributed by atoms with Crippen LogP contribution in [0.15, 0.2) is 53.4 Å². The lowest BCUT2D eigenvalue weighted by atomic mass is 10.2. The first-order valence-corrected chi connectivity index (χ1v) is 7.76. The van der Waals surface area contributed by atoms with Gasteiger partial charge in [-0.3, -0.25) is 0 Å². The number of benzene rings is 2. The topological polar surface area (TPSA) is 55.4 Å². The predicted octanol–water partition coefficient (Wildman–Crippen LogP) is 2.83. The van der Waals surface area contributed by atoms with Crippen molar-refractivity contribution >= 4 is 21.6 Å². The van der Waals surface area contributed by atoms with E-state index in [1.165, 1.54) is 19.2 Å². The Hall–Kier alpha value is -1.56. The van der Waals surface area contributed by atoms with Crippen molar-refractivity contribution in [2.45, 2.75) is 11.4 Å². The van der Waals surface area contributed by atoms with Crippen LogP contribution in [0.25, 0.3) is 0 Å². The fourth-order valence-electron chi connectivity index (χ4n) is 1.71. The standard InChI is InChI=1S/C14H14ClNO3S/c1-19-13-8-7-12(15)9-14(13)20(17,18)16-10-11-5-3-2-4-6-11/h2-9,16H,10H2,1H3. The molecule has 1 N–H and O–H groups in total. The number of hydrogen-bond donors (Lipinski definition) is 1. The van der Waals surface area contributed by atoms with Gasteiger partial charge in [0, 0.05) is 11.6 Å². The van der Waals surface area contributed by atoms with Gasteiger partial charge in [0.2, 0.25) is 10.0 Å². The zero-order valence-corrected chi connectivity index (χ0v) is 12.4. The van der Waals surface area contributed by atoms with Gasteiger partial charge in [0.05, 0.1) is 7.11 Å². The third-order valence-electron chi connectivity index (χ3n) is 2.72. The molecule has 0 heterocycles. The number of nitrogens with one attached hydrogen (secondary N) is 1. The molecule has 0 aromatic heterocycles. The minimum Gasteiger partial charge on any atom is -0.495 e. The van der Waals surface area contributed by atoms with Gasteiger partial charge < -0.3 is 4.74 Å². The molecule has 0 radical (unpaired) electrons. The van der Waals surface area contributed by atoms with E-state index in [1.807, 2.05) is 30.3 Å². The van der Waals surface area contributed by atoms with E-state index < -0.39 is 10.0 Å². The Kier molecular flexibility index (Phi) is 4.65.